The second-order valence-corrected chi connectivity index (χ2v) is 7.34. The van der Waals surface area contributed by atoms with E-state index in [1.54, 1.807) is 0 Å². The number of aromatic nitrogens is 4. The lowest BCUT2D eigenvalue weighted by Gasteiger charge is -2.21. The van der Waals surface area contributed by atoms with Crippen molar-refractivity contribution in [2.24, 2.45) is 0 Å². The van der Waals surface area contributed by atoms with Crippen LogP contribution in [-0.2, 0) is 14.6 Å². The number of fused-ring (bicyclic) bond motifs is 1. The van der Waals surface area contributed by atoms with Gasteiger partial charge in [-0.25, -0.2) is 17.9 Å². The van der Waals surface area contributed by atoms with Gasteiger partial charge in [0.05, 0.1) is 11.9 Å². The van der Waals surface area contributed by atoms with E-state index in [4.69, 9.17) is 4.74 Å². The molecular formula is C13H18N4O3S. The van der Waals surface area contributed by atoms with E-state index in [0.717, 1.165) is 30.7 Å². The smallest absolute Gasteiger partial charge is 0.269 e. The van der Waals surface area contributed by atoms with Gasteiger partial charge in [0.25, 0.3) is 10.9 Å². The number of nitrogens with zero attached hydrogens (tertiary/aromatic N) is 4. The van der Waals surface area contributed by atoms with Crippen molar-refractivity contribution in [3.8, 4) is 0 Å². The molecule has 2 aromatic heterocycles. The van der Waals surface area contributed by atoms with Gasteiger partial charge in [0, 0.05) is 18.0 Å². The minimum atomic E-state index is -3.56. The Morgan fingerprint density at radius 3 is 2.86 bits per heavy atom. The molecule has 1 unspecified atom stereocenters. The highest BCUT2D eigenvalue weighted by atomic mass is 32.2. The zero-order valence-electron chi connectivity index (χ0n) is 12.1. The van der Waals surface area contributed by atoms with Crippen LogP contribution in [0.1, 0.15) is 30.7 Å². The van der Waals surface area contributed by atoms with Crippen molar-refractivity contribution in [1.29, 1.82) is 0 Å². The van der Waals surface area contributed by atoms with Gasteiger partial charge in [0.1, 0.15) is 0 Å². The van der Waals surface area contributed by atoms with Crippen molar-refractivity contribution < 1.29 is 13.2 Å². The Morgan fingerprint density at radius 2 is 2.14 bits per heavy atom. The molecule has 0 N–H and O–H groups in total. The van der Waals surface area contributed by atoms with E-state index < -0.39 is 9.84 Å². The summed E-state index contributed by atoms with van der Waals surface area (Å²) in [4.78, 5) is 8.28. The number of hydrogen-bond acceptors (Lipinski definition) is 6. The maximum atomic E-state index is 12.4. The molecular weight excluding hydrogens is 292 g/mol. The topological polar surface area (TPSA) is 86.5 Å². The van der Waals surface area contributed by atoms with Crippen LogP contribution in [0.3, 0.4) is 0 Å². The predicted octanol–water partition coefficient (Wildman–Crippen LogP) is 1.08. The van der Waals surface area contributed by atoms with Crippen molar-refractivity contribution in [1.82, 2.24) is 19.6 Å². The van der Waals surface area contributed by atoms with Crippen LogP contribution in [0.25, 0.3) is 5.78 Å². The SMILES string of the molecule is Cc1cc(C)n2nc(S(=O)(=O)CC3CCCCO3)nc2n1. The highest BCUT2D eigenvalue weighted by molar-refractivity contribution is 7.91. The van der Waals surface area contributed by atoms with Crippen molar-refractivity contribution in [2.75, 3.05) is 12.4 Å². The highest BCUT2D eigenvalue weighted by Gasteiger charge is 2.27. The molecule has 0 bridgehead atoms. The molecule has 0 amide bonds. The van der Waals surface area contributed by atoms with Gasteiger partial charge in [0.15, 0.2) is 0 Å². The van der Waals surface area contributed by atoms with Gasteiger partial charge in [-0.1, -0.05) is 0 Å². The van der Waals surface area contributed by atoms with E-state index in [1.807, 2.05) is 19.9 Å². The van der Waals surface area contributed by atoms with Crippen molar-refractivity contribution >= 4 is 15.6 Å². The summed E-state index contributed by atoms with van der Waals surface area (Å²) in [6.07, 6.45) is 2.50. The molecule has 2 aromatic rings. The molecule has 0 radical (unpaired) electrons. The molecule has 3 heterocycles. The third kappa shape index (κ3) is 2.91. The average molecular weight is 310 g/mol. The predicted molar refractivity (Wildman–Crippen MR) is 75.9 cm³/mol. The molecule has 7 nitrogen and oxygen atoms in total. The molecule has 0 spiro atoms. The third-order valence-corrected chi connectivity index (χ3v) is 5.10. The lowest BCUT2D eigenvalue weighted by atomic mass is 10.1. The largest absolute Gasteiger partial charge is 0.377 e. The fraction of sp³-hybridized carbons (Fsp3) is 0.615. The fourth-order valence-corrected chi connectivity index (χ4v) is 3.87. The number of rotatable bonds is 3. The Kier molecular flexibility index (Phi) is 3.66. The van der Waals surface area contributed by atoms with Crippen LogP contribution < -0.4 is 0 Å². The van der Waals surface area contributed by atoms with Crippen molar-refractivity contribution in [3.63, 3.8) is 0 Å². The van der Waals surface area contributed by atoms with Crippen LogP contribution in [-0.4, -0.2) is 46.5 Å². The standard InChI is InChI=1S/C13H18N4O3S/c1-9-7-10(2)17-12(14-9)15-13(16-17)21(18,19)8-11-5-3-4-6-20-11/h7,11H,3-6,8H2,1-2H3. The van der Waals surface area contributed by atoms with Crippen molar-refractivity contribution in [2.45, 2.75) is 44.4 Å². The number of hydrogen-bond donors (Lipinski definition) is 0. The molecule has 1 saturated heterocycles. The average Bonchev–Trinajstić information content (AvgIpc) is 2.84. The van der Waals surface area contributed by atoms with E-state index in [0.29, 0.717) is 12.4 Å². The minimum Gasteiger partial charge on any atom is -0.377 e. The van der Waals surface area contributed by atoms with Gasteiger partial charge < -0.3 is 4.74 Å². The van der Waals surface area contributed by atoms with Crippen LogP contribution in [0.4, 0.5) is 0 Å². The van der Waals surface area contributed by atoms with E-state index >= 15 is 0 Å². The monoisotopic (exact) mass is 310 g/mol. The van der Waals surface area contributed by atoms with Gasteiger partial charge in [-0.15, -0.1) is 5.10 Å². The quantitative estimate of drug-likeness (QED) is 0.843. The molecule has 3 rings (SSSR count). The zero-order valence-corrected chi connectivity index (χ0v) is 12.9. The molecule has 8 heteroatoms. The summed E-state index contributed by atoms with van der Waals surface area (Å²) in [5, 5.41) is 3.92. The Labute approximate surface area is 123 Å². The Morgan fingerprint density at radius 1 is 1.33 bits per heavy atom. The van der Waals surface area contributed by atoms with Crippen LogP contribution in [0, 0.1) is 13.8 Å². The van der Waals surface area contributed by atoms with Gasteiger partial charge >= 0.3 is 0 Å². The van der Waals surface area contributed by atoms with Crippen LogP contribution in [0.2, 0.25) is 0 Å². The van der Waals surface area contributed by atoms with E-state index in [9.17, 15) is 8.42 Å². The van der Waals surface area contributed by atoms with Crippen LogP contribution in [0.5, 0.6) is 0 Å². The van der Waals surface area contributed by atoms with Gasteiger partial charge in [-0.3, -0.25) is 0 Å². The fourth-order valence-electron chi connectivity index (χ4n) is 2.54. The maximum Gasteiger partial charge on any atom is 0.269 e. The molecule has 1 fully saturated rings. The van der Waals surface area contributed by atoms with Gasteiger partial charge in [-0.05, 0) is 39.2 Å². The molecule has 0 aliphatic carbocycles. The molecule has 21 heavy (non-hydrogen) atoms. The summed E-state index contributed by atoms with van der Waals surface area (Å²) in [5.41, 5.74) is 1.59. The zero-order chi connectivity index (χ0) is 15.0. The summed E-state index contributed by atoms with van der Waals surface area (Å²) in [7, 11) is -3.56. The first kappa shape index (κ1) is 14.4. The summed E-state index contributed by atoms with van der Waals surface area (Å²) in [6.45, 7) is 4.31. The molecule has 1 aliphatic rings. The third-order valence-electron chi connectivity index (χ3n) is 3.56. The lowest BCUT2D eigenvalue weighted by Crippen LogP contribution is -2.28. The van der Waals surface area contributed by atoms with E-state index in [-0.39, 0.29) is 17.0 Å². The number of ether oxygens (including phenoxy) is 1. The van der Waals surface area contributed by atoms with E-state index in [2.05, 4.69) is 15.1 Å². The maximum absolute atomic E-state index is 12.4. The lowest BCUT2D eigenvalue weighted by molar-refractivity contribution is 0.0304. The minimum absolute atomic E-state index is 0.0675. The molecule has 1 aliphatic heterocycles. The second kappa shape index (κ2) is 5.34. The first-order valence-corrected chi connectivity index (χ1v) is 8.66. The first-order valence-electron chi connectivity index (χ1n) is 7.01. The van der Waals surface area contributed by atoms with Crippen molar-refractivity contribution in [3.05, 3.63) is 17.5 Å². The Bertz CT molecular complexity index is 763. The molecule has 114 valence electrons. The normalized spacial score (nSPS) is 20.0. The second-order valence-electron chi connectivity index (χ2n) is 5.42. The highest BCUT2D eigenvalue weighted by Crippen LogP contribution is 2.18. The van der Waals surface area contributed by atoms with Crippen LogP contribution in [0.15, 0.2) is 11.2 Å². The molecule has 1 atom stereocenters. The Balaban J connectivity index is 1.93. The van der Waals surface area contributed by atoms with Gasteiger partial charge in [-0.2, -0.15) is 4.98 Å². The first-order chi connectivity index (χ1) is 9.95. The van der Waals surface area contributed by atoms with E-state index in [1.165, 1.54) is 4.52 Å². The molecule has 0 saturated carbocycles. The summed E-state index contributed by atoms with van der Waals surface area (Å²) in [5.74, 6) is 0.248. The van der Waals surface area contributed by atoms with Gasteiger partial charge in [0.2, 0.25) is 9.84 Å². The molecule has 0 aromatic carbocycles. The summed E-state index contributed by atoms with van der Waals surface area (Å²) < 4.78 is 31.8. The summed E-state index contributed by atoms with van der Waals surface area (Å²) in [6, 6.07) is 1.84. The number of aryl methyl sites for hydroxylation is 2. The summed E-state index contributed by atoms with van der Waals surface area (Å²) >= 11 is 0. The Hall–Kier alpha value is -1.54. The van der Waals surface area contributed by atoms with Crippen LogP contribution >= 0.6 is 0 Å². The number of sulfone groups is 1.